The third-order valence-corrected chi connectivity index (χ3v) is 3.38. The van der Waals surface area contributed by atoms with Crippen LogP contribution in [-0.2, 0) is 25.5 Å². The van der Waals surface area contributed by atoms with E-state index in [1.807, 2.05) is 30.3 Å². The highest BCUT2D eigenvalue weighted by Crippen LogP contribution is 2.26. The van der Waals surface area contributed by atoms with E-state index in [1.165, 1.54) is 0 Å². The van der Waals surface area contributed by atoms with Gasteiger partial charge < -0.3 is 13.9 Å². The summed E-state index contributed by atoms with van der Waals surface area (Å²) in [7, 11) is 0. The molecule has 0 unspecified atom stereocenters. The second-order valence-corrected chi connectivity index (χ2v) is 5.13. The summed E-state index contributed by atoms with van der Waals surface area (Å²) >= 11 is 0. The lowest BCUT2D eigenvalue weighted by atomic mass is 10.0. The first-order chi connectivity index (χ1) is 11.6. The molecule has 1 aromatic heterocycles. The lowest BCUT2D eigenvalue weighted by Gasteiger charge is -2.13. The third kappa shape index (κ3) is 4.22. The molecule has 0 aliphatic heterocycles. The van der Waals surface area contributed by atoms with Crippen LogP contribution in [0.4, 0.5) is 0 Å². The normalized spacial score (nSPS) is 10.7. The molecular weight excluding hydrogens is 310 g/mol. The van der Waals surface area contributed by atoms with E-state index >= 15 is 0 Å². The molecular formula is C18H21NO5. The van der Waals surface area contributed by atoms with Gasteiger partial charge in [0.15, 0.2) is 11.8 Å². The number of hydrogen-bond acceptors (Lipinski definition) is 6. The molecule has 2 aromatic rings. The standard InChI is InChI=1S/C18H21NO5/c1-4-22-17(20)14(18(21)23-5-2)11-15-16(19-12(3)24-15)13-9-7-6-8-10-13/h6-10,14H,4-5,11H2,1-3H3. The minimum absolute atomic E-state index is 0.0444. The molecule has 0 radical (unpaired) electrons. The van der Waals surface area contributed by atoms with Crippen LogP contribution >= 0.6 is 0 Å². The van der Waals surface area contributed by atoms with Gasteiger partial charge in [0.05, 0.1) is 13.2 Å². The summed E-state index contributed by atoms with van der Waals surface area (Å²) in [5.74, 6) is -1.38. The highest BCUT2D eigenvalue weighted by atomic mass is 16.6. The molecule has 6 heteroatoms. The second kappa shape index (κ2) is 8.29. The van der Waals surface area contributed by atoms with Gasteiger partial charge in [0.2, 0.25) is 0 Å². The number of oxazole rings is 1. The maximum atomic E-state index is 12.1. The number of hydrogen-bond donors (Lipinski definition) is 0. The van der Waals surface area contributed by atoms with Crippen molar-refractivity contribution in [3.63, 3.8) is 0 Å². The van der Waals surface area contributed by atoms with Gasteiger partial charge in [0, 0.05) is 18.9 Å². The highest BCUT2D eigenvalue weighted by molar-refractivity contribution is 5.95. The van der Waals surface area contributed by atoms with E-state index in [0.717, 1.165) is 5.56 Å². The lowest BCUT2D eigenvalue weighted by Crippen LogP contribution is -2.30. The summed E-state index contributed by atoms with van der Waals surface area (Å²) in [6.45, 7) is 5.48. The molecule has 0 amide bonds. The number of rotatable bonds is 7. The van der Waals surface area contributed by atoms with Crippen LogP contribution in [0.5, 0.6) is 0 Å². The molecule has 2 rings (SSSR count). The zero-order valence-corrected chi connectivity index (χ0v) is 14.1. The summed E-state index contributed by atoms with van der Waals surface area (Å²) in [5, 5.41) is 0. The van der Waals surface area contributed by atoms with Crippen molar-refractivity contribution in [3.8, 4) is 11.3 Å². The highest BCUT2D eigenvalue weighted by Gasteiger charge is 2.32. The molecule has 0 bridgehead atoms. The quantitative estimate of drug-likeness (QED) is 0.573. The molecule has 1 heterocycles. The van der Waals surface area contributed by atoms with Crippen molar-refractivity contribution >= 4 is 11.9 Å². The predicted molar refractivity (Wildman–Crippen MR) is 87.1 cm³/mol. The molecule has 1 aromatic carbocycles. The summed E-state index contributed by atoms with van der Waals surface area (Å²) in [6, 6.07) is 9.46. The largest absolute Gasteiger partial charge is 0.465 e. The first-order valence-corrected chi connectivity index (χ1v) is 7.91. The Morgan fingerprint density at radius 3 is 2.21 bits per heavy atom. The number of ether oxygens (including phenoxy) is 2. The molecule has 0 fully saturated rings. The third-order valence-electron chi connectivity index (χ3n) is 3.38. The van der Waals surface area contributed by atoms with Gasteiger partial charge >= 0.3 is 11.9 Å². The van der Waals surface area contributed by atoms with Gasteiger partial charge in [-0.25, -0.2) is 4.98 Å². The van der Waals surface area contributed by atoms with E-state index in [1.54, 1.807) is 20.8 Å². The first-order valence-electron chi connectivity index (χ1n) is 7.91. The molecule has 0 aliphatic carbocycles. The number of aromatic nitrogens is 1. The number of nitrogens with zero attached hydrogens (tertiary/aromatic N) is 1. The Morgan fingerprint density at radius 1 is 1.08 bits per heavy atom. The van der Waals surface area contributed by atoms with Crippen LogP contribution in [-0.4, -0.2) is 30.1 Å². The molecule has 128 valence electrons. The molecule has 6 nitrogen and oxygen atoms in total. The molecule has 0 atom stereocenters. The topological polar surface area (TPSA) is 78.6 Å². The summed E-state index contributed by atoms with van der Waals surface area (Å²) < 4.78 is 15.6. The minimum Gasteiger partial charge on any atom is -0.465 e. The monoisotopic (exact) mass is 331 g/mol. The van der Waals surface area contributed by atoms with E-state index < -0.39 is 17.9 Å². The number of carbonyl (C=O) groups is 2. The van der Waals surface area contributed by atoms with Gasteiger partial charge in [-0.2, -0.15) is 0 Å². The Morgan fingerprint density at radius 2 is 1.67 bits per heavy atom. The van der Waals surface area contributed by atoms with E-state index in [9.17, 15) is 9.59 Å². The Kier molecular flexibility index (Phi) is 6.12. The predicted octanol–water partition coefficient (Wildman–Crippen LogP) is 2.93. The van der Waals surface area contributed by atoms with Crippen LogP contribution in [0.15, 0.2) is 34.7 Å². The van der Waals surface area contributed by atoms with Gasteiger partial charge in [0.1, 0.15) is 11.5 Å². The average molecular weight is 331 g/mol. The molecule has 0 N–H and O–H groups in total. The van der Waals surface area contributed by atoms with Gasteiger partial charge in [-0.1, -0.05) is 30.3 Å². The summed E-state index contributed by atoms with van der Waals surface area (Å²) in [6.07, 6.45) is 0.0444. The molecule has 24 heavy (non-hydrogen) atoms. The van der Waals surface area contributed by atoms with Crippen LogP contribution < -0.4 is 0 Å². The smallest absolute Gasteiger partial charge is 0.320 e. The van der Waals surface area contributed by atoms with E-state index in [2.05, 4.69) is 4.98 Å². The molecule has 0 saturated heterocycles. The zero-order valence-electron chi connectivity index (χ0n) is 14.1. The van der Waals surface area contributed by atoms with Gasteiger partial charge in [0.25, 0.3) is 0 Å². The van der Waals surface area contributed by atoms with Gasteiger partial charge in [-0.15, -0.1) is 0 Å². The van der Waals surface area contributed by atoms with E-state index in [0.29, 0.717) is 17.3 Å². The minimum atomic E-state index is -1.07. The van der Waals surface area contributed by atoms with Crippen molar-refractivity contribution in [1.82, 2.24) is 4.98 Å². The van der Waals surface area contributed by atoms with Crippen molar-refractivity contribution in [2.75, 3.05) is 13.2 Å². The summed E-state index contributed by atoms with van der Waals surface area (Å²) in [5.41, 5.74) is 1.47. The SMILES string of the molecule is CCOC(=O)C(Cc1oc(C)nc1-c1ccccc1)C(=O)OCC. The fraction of sp³-hybridized carbons (Fsp3) is 0.389. The Bertz CT molecular complexity index is 675. The van der Waals surface area contributed by atoms with Crippen LogP contribution in [0.25, 0.3) is 11.3 Å². The first kappa shape index (κ1) is 17.7. The van der Waals surface area contributed by atoms with Crippen LogP contribution in [0, 0.1) is 12.8 Å². The fourth-order valence-corrected chi connectivity index (χ4v) is 2.36. The maximum Gasteiger partial charge on any atom is 0.320 e. The number of carbonyl (C=O) groups excluding carboxylic acids is 2. The van der Waals surface area contributed by atoms with Gasteiger partial charge in [-0.3, -0.25) is 9.59 Å². The van der Waals surface area contributed by atoms with Crippen molar-refractivity contribution in [3.05, 3.63) is 42.0 Å². The van der Waals surface area contributed by atoms with E-state index in [-0.39, 0.29) is 19.6 Å². The number of aryl methyl sites for hydroxylation is 1. The number of benzene rings is 1. The maximum absolute atomic E-state index is 12.1. The van der Waals surface area contributed by atoms with Crippen LogP contribution in [0.3, 0.4) is 0 Å². The fourth-order valence-electron chi connectivity index (χ4n) is 2.36. The average Bonchev–Trinajstić information content (AvgIpc) is 2.94. The molecule has 0 saturated carbocycles. The number of esters is 2. The molecule has 0 spiro atoms. The van der Waals surface area contributed by atoms with Crippen molar-refractivity contribution in [2.24, 2.45) is 5.92 Å². The zero-order chi connectivity index (χ0) is 17.5. The summed E-state index contributed by atoms with van der Waals surface area (Å²) in [4.78, 5) is 28.6. The van der Waals surface area contributed by atoms with E-state index in [4.69, 9.17) is 13.9 Å². The van der Waals surface area contributed by atoms with Crippen LogP contribution in [0.2, 0.25) is 0 Å². The van der Waals surface area contributed by atoms with Crippen molar-refractivity contribution < 1.29 is 23.5 Å². The van der Waals surface area contributed by atoms with Crippen molar-refractivity contribution in [1.29, 1.82) is 0 Å². The second-order valence-electron chi connectivity index (χ2n) is 5.13. The Balaban J connectivity index is 2.32. The Hall–Kier alpha value is -2.63. The van der Waals surface area contributed by atoms with Crippen LogP contribution in [0.1, 0.15) is 25.5 Å². The van der Waals surface area contributed by atoms with Gasteiger partial charge in [-0.05, 0) is 13.8 Å². The lowest BCUT2D eigenvalue weighted by molar-refractivity contribution is -0.161. The molecule has 0 aliphatic rings. The van der Waals surface area contributed by atoms with Crippen molar-refractivity contribution in [2.45, 2.75) is 27.2 Å². The Labute approximate surface area is 140 Å².